The summed E-state index contributed by atoms with van der Waals surface area (Å²) in [4.78, 5) is 12.5. The highest BCUT2D eigenvalue weighted by Crippen LogP contribution is 2.34. The average Bonchev–Trinajstić information content (AvgIpc) is 2.97. The molecular formula is C18H14ClF2N3O. The second-order valence-electron chi connectivity index (χ2n) is 5.42. The topological polar surface area (TPSA) is 46.9 Å². The first kappa shape index (κ1) is 17.1. The van der Waals surface area contributed by atoms with Crippen LogP contribution in [0, 0.1) is 5.82 Å². The van der Waals surface area contributed by atoms with E-state index < -0.39 is 18.4 Å². The predicted molar refractivity (Wildman–Crippen MR) is 92.8 cm³/mol. The molecule has 1 heterocycles. The van der Waals surface area contributed by atoms with E-state index in [4.69, 9.17) is 11.6 Å². The van der Waals surface area contributed by atoms with Crippen LogP contribution in [-0.2, 0) is 13.7 Å². The van der Waals surface area contributed by atoms with Gasteiger partial charge in [-0.2, -0.15) is 5.10 Å². The fraction of sp³-hybridized carbons (Fsp3) is 0.111. The molecule has 1 N–H and O–H groups in total. The van der Waals surface area contributed by atoms with Crippen LogP contribution >= 0.6 is 11.6 Å². The van der Waals surface area contributed by atoms with Gasteiger partial charge in [-0.05, 0) is 24.3 Å². The molecule has 0 radical (unpaired) electrons. The Hall–Kier alpha value is -2.73. The van der Waals surface area contributed by atoms with Gasteiger partial charge in [0.2, 0.25) is 0 Å². The van der Waals surface area contributed by atoms with Gasteiger partial charge in [-0.1, -0.05) is 29.8 Å². The molecule has 0 aliphatic carbocycles. The fourth-order valence-corrected chi connectivity index (χ4v) is 2.82. The molecule has 1 aromatic heterocycles. The minimum absolute atomic E-state index is 0.0669. The standard InChI is InChI=1S/C18H14ClF2N3O/c1-24-10-14(17(9-20)23-24)18(25)22-16-5-3-2-4-13(16)12-7-6-11(21)8-15(12)19/h2-8,10H,9H2,1H3,(H,22,25). The van der Waals surface area contributed by atoms with E-state index in [0.717, 1.165) is 0 Å². The van der Waals surface area contributed by atoms with Crippen LogP contribution in [-0.4, -0.2) is 15.7 Å². The van der Waals surface area contributed by atoms with Gasteiger partial charge >= 0.3 is 0 Å². The van der Waals surface area contributed by atoms with Crippen molar-refractivity contribution in [1.29, 1.82) is 0 Å². The number of alkyl halides is 1. The third-order valence-electron chi connectivity index (χ3n) is 3.67. The van der Waals surface area contributed by atoms with Crippen molar-refractivity contribution in [1.82, 2.24) is 9.78 Å². The number of nitrogens with zero attached hydrogens (tertiary/aromatic N) is 2. The molecule has 7 heteroatoms. The van der Waals surface area contributed by atoms with E-state index in [2.05, 4.69) is 10.4 Å². The van der Waals surface area contributed by atoms with E-state index in [0.29, 0.717) is 16.8 Å². The molecule has 0 saturated heterocycles. The molecule has 0 saturated carbocycles. The Bertz CT molecular complexity index is 940. The molecule has 0 aliphatic rings. The highest BCUT2D eigenvalue weighted by atomic mass is 35.5. The van der Waals surface area contributed by atoms with Gasteiger partial charge in [0.05, 0.1) is 10.6 Å². The number of nitrogens with one attached hydrogen (secondary N) is 1. The zero-order chi connectivity index (χ0) is 18.0. The van der Waals surface area contributed by atoms with Crippen LogP contribution in [0.4, 0.5) is 14.5 Å². The molecule has 0 aliphatic heterocycles. The summed E-state index contributed by atoms with van der Waals surface area (Å²) in [6, 6.07) is 11.0. The Morgan fingerprint density at radius 2 is 2.00 bits per heavy atom. The molecule has 25 heavy (non-hydrogen) atoms. The summed E-state index contributed by atoms with van der Waals surface area (Å²) in [6.07, 6.45) is 1.46. The summed E-state index contributed by atoms with van der Waals surface area (Å²) in [5, 5.41) is 6.89. The number of hydrogen-bond donors (Lipinski definition) is 1. The highest BCUT2D eigenvalue weighted by Gasteiger charge is 2.17. The summed E-state index contributed by atoms with van der Waals surface area (Å²) in [7, 11) is 1.61. The highest BCUT2D eigenvalue weighted by molar-refractivity contribution is 6.33. The smallest absolute Gasteiger partial charge is 0.259 e. The summed E-state index contributed by atoms with van der Waals surface area (Å²) in [5.41, 5.74) is 1.92. The van der Waals surface area contributed by atoms with Gasteiger partial charge in [0.15, 0.2) is 0 Å². The third kappa shape index (κ3) is 3.53. The number of benzene rings is 2. The zero-order valence-electron chi connectivity index (χ0n) is 13.3. The van der Waals surface area contributed by atoms with Crippen molar-refractivity contribution in [2.45, 2.75) is 6.67 Å². The van der Waals surface area contributed by atoms with Crippen LogP contribution < -0.4 is 5.32 Å². The first-order chi connectivity index (χ1) is 12.0. The second kappa shape index (κ2) is 7.03. The lowest BCUT2D eigenvalue weighted by atomic mass is 10.0. The van der Waals surface area contributed by atoms with E-state index in [9.17, 15) is 13.6 Å². The van der Waals surface area contributed by atoms with Crippen molar-refractivity contribution in [3.63, 3.8) is 0 Å². The van der Waals surface area contributed by atoms with E-state index in [-0.39, 0.29) is 16.3 Å². The Morgan fingerprint density at radius 3 is 2.72 bits per heavy atom. The van der Waals surface area contributed by atoms with Gasteiger partial charge in [-0.3, -0.25) is 9.48 Å². The summed E-state index contributed by atoms with van der Waals surface area (Å²) >= 11 is 6.12. The van der Waals surface area contributed by atoms with Crippen LogP contribution in [0.15, 0.2) is 48.7 Å². The molecule has 1 amide bonds. The van der Waals surface area contributed by atoms with E-state index in [1.54, 1.807) is 37.4 Å². The quantitative estimate of drug-likeness (QED) is 0.738. The number of anilines is 1. The van der Waals surface area contributed by atoms with Gasteiger partial charge in [0, 0.05) is 30.1 Å². The normalized spacial score (nSPS) is 10.7. The van der Waals surface area contributed by atoms with Crippen molar-refractivity contribution in [3.05, 3.63) is 70.8 Å². The molecule has 0 fully saturated rings. The maximum absolute atomic E-state index is 13.3. The Labute approximate surface area is 148 Å². The number of aromatic nitrogens is 2. The van der Waals surface area contributed by atoms with Crippen LogP contribution in [0.2, 0.25) is 5.02 Å². The number of carbonyl (C=O) groups is 1. The molecule has 3 rings (SSSR count). The Balaban J connectivity index is 1.97. The van der Waals surface area contributed by atoms with Crippen molar-refractivity contribution >= 4 is 23.2 Å². The monoisotopic (exact) mass is 361 g/mol. The van der Waals surface area contributed by atoms with E-state index in [1.807, 2.05) is 0 Å². The first-order valence-electron chi connectivity index (χ1n) is 7.44. The zero-order valence-corrected chi connectivity index (χ0v) is 14.0. The second-order valence-corrected chi connectivity index (χ2v) is 5.83. The van der Waals surface area contributed by atoms with E-state index in [1.165, 1.54) is 23.0 Å². The SMILES string of the molecule is Cn1cc(C(=O)Nc2ccccc2-c2ccc(F)cc2Cl)c(CF)n1. The minimum atomic E-state index is -0.838. The van der Waals surface area contributed by atoms with Crippen LogP contribution in [0.3, 0.4) is 0 Å². The van der Waals surface area contributed by atoms with Gasteiger partial charge in [0.25, 0.3) is 5.91 Å². The lowest BCUT2D eigenvalue weighted by Crippen LogP contribution is -2.13. The van der Waals surface area contributed by atoms with Gasteiger partial charge in [0.1, 0.15) is 18.2 Å². The van der Waals surface area contributed by atoms with Crippen LogP contribution in [0.25, 0.3) is 11.1 Å². The van der Waals surface area contributed by atoms with Crippen molar-refractivity contribution in [3.8, 4) is 11.1 Å². The number of para-hydroxylation sites is 1. The lowest BCUT2D eigenvalue weighted by Gasteiger charge is -2.12. The average molecular weight is 362 g/mol. The molecule has 3 aromatic rings. The van der Waals surface area contributed by atoms with Crippen molar-refractivity contribution in [2.75, 3.05) is 5.32 Å². The number of rotatable bonds is 4. The largest absolute Gasteiger partial charge is 0.321 e. The van der Waals surface area contributed by atoms with Crippen molar-refractivity contribution < 1.29 is 13.6 Å². The minimum Gasteiger partial charge on any atom is -0.321 e. The molecule has 2 aromatic carbocycles. The maximum atomic E-state index is 13.3. The Morgan fingerprint density at radius 1 is 1.24 bits per heavy atom. The number of amides is 1. The summed E-state index contributed by atoms with van der Waals surface area (Å²) in [5.74, 6) is -0.926. The number of hydrogen-bond acceptors (Lipinski definition) is 2. The van der Waals surface area contributed by atoms with E-state index >= 15 is 0 Å². The molecule has 0 spiro atoms. The molecule has 0 unspecified atom stereocenters. The number of aryl methyl sites for hydroxylation is 1. The Kier molecular flexibility index (Phi) is 4.81. The van der Waals surface area contributed by atoms with Crippen LogP contribution in [0.1, 0.15) is 16.1 Å². The summed E-state index contributed by atoms with van der Waals surface area (Å²) < 4.78 is 27.7. The molecule has 0 bridgehead atoms. The maximum Gasteiger partial charge on any atom is 0.259 e. The third-order valence-corrected chi connectivity index (χ3v) is 3.99. The first-order valence-corrected chi connectivity index (χ1v) is 7.81. The van der Waals surface area contributed by atoms with Gasteiger partial charge < -0.3 is 5.32 Å². The molecular weight excluding hydrogens is 348 g/mol. The van der Waals surface area contributed by atoms with Crippen LogP contribution in [0.5, 0.6) is 0 Å². The lowest BCUT2D eigenvalue weighted by molar-refractivity contribution is 0.102. The fourth-order valence-electron chi connectivity index (χ4n) is 2.55. The summed E-state index contributed by atoms with van der Waals surface area (Å²) in [6.45, 7) is -0.838. The number of carbonyl (C=O) groups excluding carboxylic acids is 1. The molecule has 4 nitrogen and oxygen atoms in total. The predicted octanol–water partition coefficient (Wildman–Crippen LogP) is 4.60. The molecule has 128 valence electrons. The number of halogens is 3. The molecule has 0 atom stereocenters. The van der Waals surface area contributed by atoms with Crippen molar-refractivity contribution in [2.24, 2.45) is 7.05 Å². The van der Waals surface area contributed by atoms with Gasteiger partial charge in [-0.25, -0.2) is 8.78 Å². The van der Waals surface area contributed by atoms with Gasteiger partial charge in [-0.15, -0.1) is 0 Å².